The first kappa shape index (κ1) is 23.0. The standard InChI is InChI=1S/C12H18F3N3O6S/c13-12(14,15)5-25-4-7(10(22)17-3-9(20)21)18-8(19)2-1-6(16)11(23)24/h6-7H,1-5,16H2,(H,17,22)(H,18,19)(H,20,21)(H,23,24)/t6-,7+/m0/s1. The van der Waals surface area contributed by atoms with Crippen LogP contribution >= 0.6 is 11.8 Å². The second-order valence-corrected chi connectivity index (χ2v) is 5.88. The fourth-order valence-corrected chi connectivity index (χ4v) is 2.26. The summed E-state index contributed by atoms with van der Waals surface area (Å²) in [7, 11) is 0. The van der Waals surface area contributed by atoms with E-state index in [9.17, 15) is 32.3 Å². The molecule has 0 saturated carbocycles. The average molecular weight is 389 g/mol. The number of halogens is 3. The lowest BCUT2D eigenvalue weighted by Gasteiger charge is -2.18. The van der Waals surface area contributed by atoms with Crippen molar-refractivity contribution in [2.75, 3.05) is 18.1 Å². The molecule has 13 heteroatoms. The quantitative estimate of drug-likeness (QED) is 0.306. The van der Waals surface area contributed by atoms with Crippen molar-refractivity contribution in [2.24, 2.45) is 5.73 Å². The van der Waals surface area contributed by atoms with Gasteiger partial charge in [-0.3, -0.25) is 19.2 Å². The minimum Gasteiger partial charge on any atom is -0.480 e. The van der Waals surface area contributed by atoms with Gasteiger partial charge in [-0.05, 0) is 6.42 Å². The van der Waals surface area contributed by atoms with Gasteiger partial charge in [0.2, 0.25) is 11.8 Å². The Morgan fingerprint density at radius 1 is 1.16 bits per heavy atom. The topological polar surface area (TPSA) is 159 Å². The molecule has 0 aliphatic heterocycles. The summed E-state index contributed by atoms with van der Waals surface area (Å²) in [6, 6.07) is -2.70. The van der Waals surface area contributed by atoms with E-state index in [4.69, 9.17) is 15.9 Å². The molecular formula is C12H18F3N3O6S. The van der Waals surface area contributed by atoms with Crippen LogP contribution in [0.1, 0.15) is 12.8 Å². The Labute approximate surface area is 144 Å². The molecule has 9 nitrogen and oxygen atoms in total. The smallest absolute Gasteiger partial charge is 0.397 e. The number of rotatable bonds is 11. The van der Waals surface area contributed by atoms with E-state index in [1.807, 2.05) is 5.32 Å². The van der Waals surface area contributed by atoms with E-state index >= 15 is 0 Å². The van der Waals surface area contributed by atoms with Crippen molar-refractivity contribution >= 4 is 35.5 Å². The Hall–Kier alpha value is -2.02. The SMILES string of the molecule is N[C@@H](CCC(=O)N[C@H](CSCC(F)(F)F)C(=O)NCC(=O)O)C(=O)O. The zero-order valence-electron chi connectivity index (χ0n) is 12.8. The lowest BCUT2D eigenvalue weighted by molar-refractivity contribution is -0.139. The molecule has 25 heavy (non-hydrogen) atoms. The first-order valence-electron chi connectivity index (χ1n) is 6.84. The van der Waals surface area contributed by atoms with Gasteiger partial charge in [-0.2, -0.15) is 13.2 Å². The number of carboxylic acids is 2. The van der Waals surface area contributed by atoms with Crippen LogP contribution in [0.15, 0.2) is 0 Å². The van der Waals surface area contributed by atoms with Crippen LogP contribution in [-0.2, 0) is 19.2 Å². The van der Waals surface area contributed by atoms with Gasteiger partial charge in [0.05, 0.1) is 5.75 Å². The molecule has 0 unspecified atom stereocenters. The predicted molar refractivity (Wildman–Crippen MR) is 80.8 cm³/mol. The zero-order chi connectivity index (χ0) is 19.6. The van der Waals surface area contributed by atoms with Gasteiger partial charge in [-0.15, -0.1) is 11.8 Å². The molecule has 0 bridgehead atoms. The van der Waals surface area contributed by atoms with Gasteiger partial charge < -0.3 is 26.6 Å². The van der Waals surface area contributed by atoms with Crippen LogP contribution in [0, 0.1) is 0 Å². The van der Waals surface area contributed by atoms with Crippen molar-refractivity contribution in [3.05, 3.63) is 0 Å². The van der Waals surface area contributed by atoms with Gasteiger partial charge in [0.1, 0.15) is 18.6 Å². The molecule has 0 aromatic heterocycles. The van der Waals surface area contributed by atoms with E-state index in [0.717, 1.165) is 0 Å². The molecule has 0 saturated heterocycles. The van der Waals surface area contributed by atoms with Crippen LogP contribution in [0.25, 0.3) is 0 Å². The first-order chi connectivity index (χ1) is 11.4. The normalized spacial score (nSPS) is 13.6. The van der Waals surface area contributed by atoms with E-state index < -0.39 is 60.1 Å². The maximum absolute atomic E-state index is 12.2. The van der Waals surface area contributed by atoms with E-state index in [-0.39, 0.29) is 12.8 Å². The molecule has 2 amide bonds. The highest BCUT2D eigenvalue weighted by Gasteiger charge is 2.29. The summed E-state index contributed by atoms with van der Waals surface area (Å²) in [4.78, 5) is 44.4. The van der Waals surface area contributed by atoms with Crippen molar-refractivity contribution in [2.45, 2.75) is 31.1 Å². The number of hydrogen-bond donors (Lipinski definition) is 5. The summed E-state index contributed by atoms with van der Waals surface area (Å²) in [5.41, 5.74) is 5.21. The van der Waals surface area contributed by atoms with Crippen LogP contribution in [0.5, 0.6) is 0 Å². The largest absolute Gasteiger partial charge is 0.480 e. The summed E-state index contributed by atoms with van der Waals surface area (Å²) >= 11 is 0.335. The van der Waals surface area contributed by atoms with Crippen LogP contribution in [0.3, 0.4) is 0 Å². The molecule has 6 N–H and O–H groups in total. The molecule has 0 aromatic rings. The predicted octanol–water partition coefficient (Wildman–Crippen LogP) is -0.840. The van der Waals surface area contributed by atoms with Gasteiger partial charge >= 0.3 is 18.1 Å². The Bertz CT molecular complexity index is 503. The molecule has 0 heterocycles. The second kappa shape index (κ2) is 10.8. The number of nitrogens with two attached hydrogens (primary N) is 1. The van der Waals surface area contributed by atoms with Crippen molar-refractivity contribution in [1.82, 2.24) is 10.6 Å². The van der Waals surface area contributed by atoms with Gasteiger partial charge in [0.25, 0.3) is 0 Å². The fraction of sp³-hybridized carbons (Fsp3) is 0.667. The highest BCUT2D eigenvalue weighted by molar-refractivity contribution is 7.99. The van der Waals surface area contributed by atoms with Crippen LogP contribution < -0.4 is 16.4 Å². The third kappa shape index (κ3) is 12.1. The maximum atomic E-state index is 12.2. The lowest BCUT2D eigenvalue weighted by atomic mass is 10.1. The molecule has 0 rings (SSSR count). The number of carboxylic acid groups (broad SMARTS) is 2. The number of nitrogens with one attached hydrogen (secondary N) is 2. The number of hydrogen-bond acceptors (Lipinski definition) is 6. The minimum absolute atomic E-state index is 0.236. The van der Waals surface area contributed by atoms with Crippen molar-refractivity contribution < 1.29 is 42.6 Å². The highest BCUT2D eigenvalue weighted by Crippen LogP contribution is 2.21. The molecule has 0 aliphatic rings. The van der Waals surface area contributed by atoms with Crippen molar-refractivity contribution in [3.8, 4) is 0 Å². The third-order valence-electron chi connectivity index (χ3n) is 2.62. The Morgan fingerprint density at radius 3 is 2.24 bits per heavy atom. The first-order valence-corrected chi connectivity index (χ1v) is 7.99. The highest BCUT2D eigenvalue weighted by atomic mass is 32.2. The third-order valence-corrected chi connectivity index (χ3v) is 3.72. The number of amides is 2. The maximum Gasteiger partial charge on any atom is 0.397 e. The lowest BCUT2D eigenvalue weighted by Crippen LogP contribution is -2.49. The summed E-state index contributed by atoms with van der Waals surface area (Å²) in [6.07, 6.45) is -5.06. The number of thioether (sulfide) groups is 1. The number of aliphatic carboxylic acids is 2. The van der Waals surface area contributed by atoms with E-state index in [0.29, 0.717) is 11.8 Å². The summed E-state index contributed by atoms with van der Waals surface area (Å²) < 4.78 is 36.5. The van der Waals surface area contributed by atoms with E-state index in [1.165, 1.54) is 0 Å². The average Bonchev–Trinajstić information content (AvgIpc) is 2.47. The van der Waals surface area contributed by atoms with Crippen molar-refractivity contribution in [3.63, 3.8) is 0 Å². The number of alkyl halides is 3. The van der Waals surface area contributed by atoms with Gasteiger partial charge in [0, 0.05) is 12.2 Å². The molecule has 2 atom stereocenters. The Balaban J connectivity index is 4.64. The fourth-order valence-electron chi connectivity index (χ4n) is 1.44. The molecule has 0 spiro atoms. The van der Waals surface area contributed by atoms with E-state index in [2.05, 4.69) is 5.32 Å². The van der Waals surface area contributed by atoms with Gasteiger partial charge in [-0.25, -0.2) is 0 Å². The Kier molecular flexibility index (Phi) is 9.89. The van der Waals surface area contributed by atoms with Crippen molar-refractivity contribution in [1.29, 1.82) is 0 Å². The minimum atomic E-state index is -4.47. The molecular weight excluding hydrogens is 371 g/mol. The summed E-state index contributed by atoms with van der Waals surface area (Å²) in [5.74, 6) is -6.15. The molecule has 0 aromatic carbocycles. The summed E-state index contributed by atoms with van der Waals surface area (Å²) in [6.45, 7) is -0.765. The van der Waals surface area contributed by atoms with Gasteiger partial charge in [-0.1, -0.05) is 0 Å². The van der Waals surface area contributed by atoms with E-state index in [1.54, 1.807) is 0 Å². The molecule has 0 fully saturated rings. The summed E-state index contributed by atoms with van der Waals surface area (Å²) in [5, 5.41) is 21.2. The zero-order valence-corrected chi connectivity index (χ0v) is 13.7. The van der Waals surface area contributed by atoms with Crippen LogP contribution in [0.2, 0.25) is 0 Å². The molecule has 0 aliphatic carbocycles. The monoisotopic (exact) mass is 389 g/mol. The second-order valence-electron chi connectivity index (χ2n) is 4.85. The van der Waals surface area contributed by atoms with Crippen LogP contribution in [-0.4, -0.2) is 70.3 Å². The van der Waals surface area contributed by atoms with Gasteiger partial charge in [0.15, 0.2) is 0 Å². The molecule has 144 valence electrons. The molecule has 0 radical (unpaired) electrons. The van der Waals surface area contributed by atoms with Crippen LogP contribution in [0.4, 0.5) is 13.2 Å². The number of carbonyl (C=O) groups is 4. The Morgan fingerprint density at radius 2 is 1.76 bits per heavy atom. The number of carbonyl (C=O) groups excluding carboxylic acids is 2.